The van der Waals surface area contributed by atoms with E-state index in [1.54, 1.807) is 0 Å². The summed E-state index contributed by atoms with van der Waals surface area (Å²) in [5.74, 6) is 0.0954. The SMILES string of the molecule is O=C(O)c1cn2c(cc1=O)-c1oc3c(C4CC4)cccc3c1CC2. The van der Waals surface area contributed by atoms with E-state index in [0.717, 1.165) is 23.0 Å². The molecule has 1 fully saturated rings. The first-order valence-electron chi connectivity index (χ1n) is 8.16. The highest BCUT2D eigenvalue weighted by molar-refractivity contribution is 5.91. The topological polar surface area (TPSA) is 72.4 Å². The fourth-order valence-corrected chi connectivity index (χ4v) is 3.71. The van der Waals surface area contributed by atoms with Gasteiger partial charge in [0, 0.05) is 29.8 Å². The summed E-state index contributed by atoms with van der Waals surface area (Å²) < 4.78 is 8.01. The molecule has 2 aromatic heterocycles. The van der Waals surface area contributed by atoms with Crippen LogP contribution in [0.25, 0.3) is 22.4 Å². The second-order valence-corrected chi connectivity index (χ2v) is 6.59. The van der Waals surface area contributed by atoms with Gasteiger partial charge in [0.1, 0.15) is 11.1 Å². The molecule has 24 heavy (non-hydrogen) atoms. The van der Waals surface area contributed by atoms with Crippen LogP contribution in [-0.2, 0) is 13.0 Å². The summed E-state index contributed by atoms with van der Waals surface area (Å²) in [5.41, 5.74) is 3.28. The number of pyridine rings is 1. The van der Waals surface area contributed by atoms with Crippen LogP contribution in [0.5, 0.6) is 0 Å². The maximum Gasteiger partial charge on any atom is 0.341 e. The van der Waals surface area contributed by atoms with Gasteiger partial charge < -0.3 is 14.1 Å². The highest BCUT2D eigenvalue weighted by Crippen LogP contribution is 2.46. The second-order valence-electron chi connectivity index (χ2n) is 6.59. The van der Waals surface area contributed by atoms with Crippen molar-refractivity contribution in [1.29, 1.82) is 0 Å². The number of aromatic carboxylic acids is 1. The van der Waals surface area contributed by atoms with Gasteiger partial charge in [-0.1, -0.05) is 18.2 Å². The fraction of sp³-hybridized carbons (Fsp3) is 0.263. The van der Waals surface area contributed by atoms with E-state index in [0.29, 0.717) is 23.9 Å². The standard InChI is InChI=1S/C19H15NO4/c21-16-8-15-18-13(6-7-20(15)9-14(16)19(22)23)12-3-1-2-11(10-4-5-10)17(12)24-18/h1-3,8-10H,4-7H2,(H,22,23). The van der Waals surface area contributed by atoms with E-state index in [-0.39, 0.29) is 5.56 Å². The lowest BCUT2D eigenvalue weighted by atomic mass is 9.99. The van der Waals surface area contributed by atoms with E-state index in [2.05, 4.69) is 18.2 Å². The number of rotatable bonds is 2. The fourth-order valence-electron chi connectivity index (χ4n) is 3.71. The number of carboxylic acid groups (broad SMARTS) is 1. The number of aryl methyl sites for hydroxylation is 2. The van der Waals surface area contributed by atoms with Gasteiger partial charge in [0.15, 0.2) is 11.2 Å². The molecule has 0 saturated heterocycles. The predicted octanol–water partition coefficient (Wildman–Crippen LogP) is 3.39. The molecule has 3 heterocycles. The molecule has 0 unspecified atom stereocenters. The molecule has 2 aliphatic rings. The molecule has 5 rings (SSSR count). The van der Waals surface area contributed by atoms with E-state index in [1.807, 2.05) is 4.57 Å². The number of hydrogen-bond acceptors (Lipinski definition) is 3. The number of para-hydroxylation sites is 1. The average Bonchev–Trinajstić information content (AvgIpc) is 3.33. The molecule has 1 saturated carbocycles. The smallest absolute Gasteiger partial charge is 0.341 e. The first-order chi connectivity index (χ1) is 11.6. The van der Waals surface area contributed by atoms with Crippen molar-refractivity contribution in [1.82, 2.24) is 4.57 Å². The Labute approximate surface area is 137 Å². The number of carboxylic acids is 1. The van der Waals surface area contributed by atoms with Gasteiger partial charge in [-0.05, 0) is 30.7 Å². The molecule has 5 heteroatoms. The first kappa shape index (κ1) is 13.6. The van der Waals surface area contributed by atoms with Crippen molar-refractivity contribution in [2.24, 2.45) is 0 Å². The second kappa shape index (κ2) is 4.60. The van der Waals surface area contributed by atoms with Crippen LogP contribution in [0.3, 0.4) is 0 Å². The van der Waals surface area contributed by atoms with Gasteiger partial charge in [-0.3, -0.25) is 4.79 Å². The van der Waals surface area contributed by atoms with E-state index >= 15 is 0 Å². The Morgan fingerprint density at radius 3 is 2.88 bits per heavy atom. The van der Waals surface area contributed by atoms with Gasteiger partial charge in [0.2, 0.25) is 0 Å². The monoisotopic (exact) mass is 321 g/mol. The Hall–Kier alpha value is -2.82. The summed E-state index contributed by atoms with van der Waals surface area (Å²) in [6.45, 7) is 0.644. The van der Waals surface area contributed by atoms with E-state index in [1.165, 1.54) is 30.7 Å². The zero-order valence-corrected chi connectivity index (χ0v) is 12.9. The summed E-state index contributed by atoms with van der Waals surface area (Å²) in [7, 11) is 0. The minimum Gasteiger partial charge on any atom is -0.477 e. The molecule has 1 aliphatic heterocycles. The Kier molecular flexibility index (Phi) is 2.61. The number of carbonyl (C=O) groups is 1. The lowest BCUT2D eigenvalue weighted by molar-refractivity contribution is 0.0694. The zero-order valence-electron chi connectivity index (χ0n) is 12.9. The molecule has 1 aromatic carbocycles. The number of furan rings is 1. The summed E-state index contributed by atoms with van der Waals surface area (Å²) in [6, 6.07) is 7.65. The Bertz CT molecular complexity index is 1070. The maximum absolute atomic E-state index is 12.1. The molecule has 0 amide bonds. The molecule has 3 aromatic rings. The lowest BCUT2D eigenvalue weighted by Crippen LogP contribution is -2.21. The molecule has 120 valence electrons. The van der Waals surface area contributed by atoms with Crippen molar-refractivity contribution < 1.29 is 14.3 Å². The van der Waals surface area contributed by atoms with Crippen molar-refractivity contribution in [3.63, 3.8) is 0 Å². The molecule has 1 aliphatic carbocycles. The van der Waals surface area contributed by atoms with Gasteiger partial charge in [0.25, 0.3) is 0 Å². The van der Waals surface area contributed by atoms with Gasteiger partial charge >= 0.3 is 5.97 Å². The quantitative estimate of drug-likeness (QED) is 0.785. The normalized spacial score (nSPS) is 16.0. The summed E-state index contributed by atoms with van der Waals surface area (Å²) in [5, 5.41) is 10.3. The third-order valence-electron chi connectivity index (χ3n) is 5.06. The van der Waals surface area contributed by atoms with Gasteiger partial charge in [-0.2, -0.15) is 0 Å². The van der Waals surface area contributed by atoms with Crippen LogP contribution in [0.2, 0.25) is 0 Å². The molecule has 0 spiro atoms. The van der Waals surface area contributed by atoms with Crippen LogP contribution in [0, 0.1) is 0 Å². The Balaban J connectivity index is 1.78. The van der Waals surface area contributed by atoms with Gasteiger partial charge in [-0.25, -0.2) is 4.79 Å². The number of hydrogen-bond donors (Lipinski definition) is 1. The Morgan fingerprint density at radius 1 is 1.29 bits per heavy atom. The van der Waals surface area contributed by atoms with Crippen LogP contribution in [0.4, 0.5) is 0 Å². The zero-order chi connectivity index (χ0) is 16.4. The predicted molar refractivity (Wildman–Crippen MR) is 88.5 cm³/mol. The van der Waals surface area contributed by atoms with Crippen LogP contribution in [0.15, 0.2) is 39.7 Å². The van der Waals surface area contributed by atoms with Gasteiger partial charge in [-0.15, -0.1) is 0 Å². The number of nitrogens with zero attached hydrogens (tertiary/aromatic N) is 1. The number of fused-ring (bicyclic) bond motifs is 5. The third kappa shape index (κ3) is 1.81. The van der Waals surface area contributed by atoms with Crippen LogP contribution in [-0.4, -0.2) is 15.6 Å². The molecular formula is C19H15NO4. The number of benzene rings is 1. The van der Waals surface area contributed by atoms with Crippen LogP contribution < -0.4 is 5.43 Å². The average molecular weight is 321 g/mol. The minimum atomic E-state index is -1.19. The highest BCUT2D eigenvalue weighted by Gasteiger charge is 2.30. The minimum absolute atomic E-state index is 0.197. The van der Waals surface area contributed by atoms with Crippen molar-refractivity contribution in [3.8, 4) is 11.5 Å². The van der Waals surface area contributed by atoms with Crippen molar-refractivity contribution >= 4 is 16.9 Å². The molecule has 0 atom stereocenters. The summed E-state index contributed by atoms with van der Waals surface area (Å²) >= 11 is 0. The Morgan fingerprint density at radius 2 is 2.12 bits per heavy atom. The lowest BCUT2D eigenvalue weighted by Gasteiger charge is -2.18. The third-order valence-corrected chi connectivity index (χ3v) is 5.06. The molecular weight excluding hydrogens is 306 g/mol. The highest BCUT2D eigenvalue weighted by atomic mass is 16.4. The van der Waals surface area contributed by atoms with Crippen molar-refractivity contribution in [3.05, 3.63) is 57.4 Å². The van der Waals surface area contributed by atoms with Crippen LogP contribution in [0.1, 0.15) is 40.2 Å². The van der Waals surface area contributed by atoms with Crippen molar-refractivity contribution in [2.45, 2.75) is 31.7 Å². The summed E-state index contributed by atoms with van der Waals surface area (Å²) in [6.07, 6.45) is 4.59. The first-order valence-corrected chi connectivity index (χ1v) is 8.16. The molecule has 0 radical (unpaired) electrons. The van der Waals surface area contributed by atoms with Crippen molar-refractivity contribution in [2.75, 3.05) is 0 Å². The van der Waals surface area contributed by atoms with Gasteiger partial charge in [0.05, 0.1) is 5.69 Å². The molecule has 0 bridgehead atoms. The molecule has 1 N–H and O–H groups in total. The van der Waals surface area contributed by atoms with E-state index in [9.17, 15) is 9.59 Å². The maximum atomic E-state index is 12.1. The van der Waals surface area contributed by atoms with Crippen LogP contribution >= 0.6 is 0 Å². The number of aromatic nitrogens is 1. The van der Waals surface area contributed by atoms with E-state index < -0.39 is 11.4 Å². The summed E-state index contributed by atoms with van der Waals surface area (Å²) in [4.78, 5) is 23.3. The van der Waals surface area contributed by atoms with E-state index in [4.69, 9.17) is 9.52 Å². The largest absolute Gasteiger partial charge is 0.477 e. The molecule has 5 nitrogen and oxygen atoms in total.